The molecule has 10 atom stereocenters. The number of benzene rings is 1. The van der Waals surface area contributed by atoms with E-state index >= 15 is 0 Å². The van der Waals surface area contributed by atoms with Crippen molar-refractivity contribution in [3.63, 3.8) is 0 Å². The zero-order valence-corrected chi connectivity index (χ0v) is 25.7. The number of nitrogens with zero attached hydrogens (tertiary/aromatic N) is 3. The molecule has 2 aliphatic rings. The molecule has 2 saturated carbocycles. The molecule has 258 valence electrons. The van der Waals surface area contributed by atoms with E-state index in [9.17, 15) is 49.6 Å². The highest BCUT2D eigenvalue weighted by atomic mass is 16.4. The third-order valence-corrected chi connectivity index (χ3v) is 8.71. The third-order valence-electron chi connectivity index (χ3n) is 8.71. The van der Waals surface area contributed by atoms with Crippen LogP contribution in [0.15, 0.2) is 78.5 Å². The normalized spacial score (nSPS) is 29.6. The van der Waals surface area contributed by atoms with Crippen molar-refractivity contribution in [2.45, 2.75) is 73.6 Å². The van der Waals surface area contributed by atoms with Crippen LogP contribution in [-0.4, -0.2) is 120 Å². The molecule has 2 heterocycles. The third kappa shape index (κ3) is 7.93. The van der Waals surface area contributed by atoms with E-state index in [1.807, 2.05) is 0 Å². The van der Waals surface area contributed by atoms with Crippen LogP contribution >= 0.6 is 0 Å². The van der Waals surface area contributed by atoms with Crippen molar-refractivity contribution in [2.75, 3.05) is 0 Å². The van der Waals surface area contributed by atoms with Crippen molar-refractivity contribution in [3.8, 4) is 0 Å². The number of amides is 4. The number of carbonyl (C=O) groups excluding carboxylic acids is 4. The minimum Gasteiger partial charge on any atom is -0.388 e. The maximum absolute atomic E-state index is 13.1. The van der Waals surface area contributed by atoms with Gasteiger partial charge in [0.25, 0.3) is 23.6 Å². The monoisotopic (exact) mass is 677 g/mol. The Kier molecular flexibility index (Phi) is 11.0. The minimum atomic E-state index is -1.68. The highest BCUT2D eigenvalue weighted by molar-refractivity contribution is 5.98. The topological polar surface area (TPSA) is 273 Å². The Balaban J connectivity index is 1.20. The van der Waals surface area contributed by atoms with Crippen LogP contribution in [0.5, 0.6) is 0 Å². The zero-order valence-electron chi connectivity index (χ0n) is 25.7. The molecule has 9 N–H and O–H groups in total. The fourth-order valence-corrected chi connectivity index (χ4v) is 5.94. The molecule has 5 rings (SSSR count). The highest BCUT2D eigenvalue weighted by Crippen LogP contribution is 2.25. The standard InChI is InChI=1S/C32H35N7O10/c40-24-19(11-20(25(41)23(24)39-49)36-31(47)17-3-1-9-33-13-17)35-29(45)15-5-7-16(8-6-15)30(46)37-21-12-22(27(43)28(44)26(21)42)38-32(48)18-4-2-10-34-14-18/h1-10,13-14,19-28,40-44H,11-12H2,(H,35,45)(H,36,47)(H,37,46)(H,38,48)/t19-,20+,21+,22-,23-,24?,25?,26?,27?,28+/m1/s1. The molecule has 4 unspecified atom stereocenters. The first-order valence-corrected chi connectivity index (χ1v) is 15.3. The summed E-state index contributed by atoms with van der Waals surface area (Å²) in [5.74, 6) is -2.53. The lowest BCUT2D eigenvalue weighted by molar-refractivity contribution is -0.108. The number of carbonyl (C=O) groups is 4. The van der Waals surface area contributed by atoms with Crippen LogP contribution in [0.1, 0.15) is 54.3 Å². The molecule has 0 saturated heterocycles. The maximum atomic E-state index is 13.1. The fourth-order valence-electron chi connectivity index (χ4n) is 5.94. The van der Waals surface area contributed by atoms with Crippen LogP contribution in [-0.2, 0) is 0 Å². The van der Waals surface area contributed by atoms with Crippen LogP contribution in [0, 0.1) is 4.91 Å². The van der Waals surface area contributed by atoms with Crippen molar-refractivity contribution in [3.05, 3.63) is 100 Å². The zero-order chi connectivity index (χ0) is 35.2. The lowest BCUT2D eigenvalue weighted by Crippen LogP contribution is -2.64. The summed E-state index contributed by atoms with van der Waals surface area (Å²) in [5, 5.41) is 65.9. The number of aliphatic hydroxyl groups is 5. The summed E-state index contributed by atoms with van der Waals surface area (Å²) < 4.78 is 0. The summed E-state index contributed by atoms with van der Waals surface area (Å²) in [6.07, 6.45) is -2.52. The number of hydrogen-bond donors (Lipinski definition) is 9. The number of rotatable bonds is 9. The predicted molar refractivity (Wildman–Crippen MR) is 169 cm³/mol. The van der Waals surface area contributed by atoms with E-state index in [1.165, 1.54) is 61.2 Å². The molecule has 0 spiro atoms. The highest BCUT2D eigenvalue weighted by Gasteiger charge is 2.46. The molecule has 0 bridgehead atoms. The molecule has 17 heteroatoms. The van der Waals surface area contributed by atoms with E-state index < -0.39 is 84.4 Å². The average molecular weight is 678 g/mol. The quantitative estimate of drug-likeness (QED) is 0.112. The first-order chi connectivity index (χ1) is 23.5. The van der Waals surface area contributed by atoms with E-state index in [2.05, 4.69) is 36.4 Å². The number of nitroso groups, excluding NO2 is 1. The predicted octanol–water partition coefficient (Wildman–Crippen LogP) is -1.98. The van der Waals surface area contributed by atoms with Crippen molar-refractivity contribution < 1.29 is 44.7 Å². The smallest absolute Gasteiger partial charge is 0.253 e. The number of aromatic nitrogens is 2. The Bertz CT molecular complexity index is 1650. The van der Waals surface area contributed by atoms with Gasteiger partial charge >= 0.3 is 0 Å². The summed E-state index contributed by atoms with van der Waals surface area (Å²) in [5.41, 5.74) is 0.545. The summed E-state index contributed by atoms with van der Waals surface area (Å²) in [4.78, 5) is 70.7. The molecular formula is C32H35N7O10. The fraction of sp³-hybridized carbons (Fsp3) is 0.375. The van der Waals surface area contributed by atoms with Crippen LogP contribution in [0.4, 0.5) is 0 Å². The molecule has 2 aromatic heterocycles. The molecule has 0 aliphatic heterocycles. The van der Waals surface area contributed by atoms with E-state index in [1.54, 1.807) is 12.1 Å². The van der Waals surface area contributed by atoms with Gasteiger partial charge in [0.15, 0.2) is 0 Å². The molecule has 1 aromatic carbocycles. The molecule has 4 amide bonds. The first kappa shape index (κ1) is 35.1. The van der Waals surface area contributed by atoms with Crippen LogP contribution in [0.3, 0.4) is 0 Å². The van der Waals surface area contributed by atoms with Gasteiger partial charge in [-0.1, -0.05) is 5.18 Å². The van der Waals surface area contributed by atoms with Gasteiger partial charge in [-0.15, -0.1) is 0 Å². The van der Waals surface area contributed by atoms with Crippen molar-refractivity contribution in [2.24, 2.45) is 5.18 Å². The van der Waals surface area contributed by atoms with Crippen LogP contribution in [0.25, 0.3) is 0 Å². The minimum absolute atomic E-state index is 0.0656. The summed E-state index contributed by atoms with van der Waals surface area (Å²) in [7, 11) is 0. The van der Waals surface area contributed by atoms with Gasteiger partial charge in [-0.05, 0) is 61.4 Å². The van der Waals surface area contributed by atoms with Crippen molar-refractivity contribution in [1.82, 2.24) is 31.2 Å². The summed E-state index contributed by atoms with van der Waals surface area (Å²) in [6.45, 7) is 0. The Morgan fingerprint density at radius 2 is 0.878 bits per heavy atom. The molecule has 2 aliphatic carbocycles. The average Bonchev–Trinajstić information content (AvgIpc) is 3.12. The molecule has 0 radical (unpaired) electrons. The Morgan fingerprint density at radius 1 is 0.531 bits per heavy atom. The van der Waals surface area contributed by atoms with Crippen molar-refractivity contribution >= 4 is 23.6 Å². The van der Waals surface area contributed by atoms with Crippen molar-refractivity contribution in [1.29, 1.82) is 0 Å². The van der Waals surface area contributed by atoms with E-state index in [0.717, 1.165) is 0 Å². The van der Waals surface area contributed by atoms with Gasteiger partial charge in [-0.2, -0.15) is 4.91 Å². The lowest BCUT2D eigenvalue weighted by Gasteiger charge is -2.41. The van der Waals surface area contributed by atoms with Crippen LogP contribution < -0.4 is 21.3 Å². The van der Waals surface area contributed by atoms with Gasteiger partial charge in [0, 0.05) is 35.9 Å². The van der Waals surface area contributed by atoms with E-state index in [-0.39, 0.29) is 35.1 Å². The van der Waals surface area contributed by atoms with E-state index in [4.69, 9.17) is 0 Å². The SMILES string of the molecule is O=N[C@H]1C(O)[C@@H](NC(=O)c2cccnc2)C[C@@H](NC(=O)c2ccc(C(=O)N[C@H]3C[C@@H](NC(=O)c4cccnc4)C(O)[C@@H](O)C3O)cc2)C1O. The Hall–Kier alpha value is -5.20. The second kappa shape index (κ2) is 15.3. The van der Waals surface area contributed by atoms with Gasteiger partial charge in [0.2, 0.25) is 0 Å². The van der Waals surface area contributed by atoms with Gasteiger partial charge in [0.05, 0.1) is 35.3 Å². The first-order valence-electron chi connectivity index (χ1n) is 15.3. The number of nitrogens with one attached hydrogen (secondary N) is 4. The maximum Gasteiger partial charge on any atom is 0.253 e. The Morgan fingerprint density at radius 3 is 1.20 bits per heavy atom. The lowest BCUT2D eigenvalue weighted by atomic mass is 9.82. The second-order valence-corrected chi connectivity index (χ2v) is 11.9. The summed E-state index contributed by atoms with van der Waals surface area (Å²) in [6, 6.07) is 5.59. The van der Waals surface area contributed by atoms with Crippen LogP contribution in [0.2, 0.25) is 0 Å². The molecule has 17 nitrogen and oxygen atoms in total. The Labute approximate surface area is 278 Å². The number of hydrogen-bond acceptors (Lipinski definition) is 13. The second-order valence-electron chi connectivity index (χ2n) is 11.9. The van der Waals surface area contributed by atoms with E-state index in [0.29, 0.717) is 0 Å². The van der Waals surface area contributed by atoms with Gasteiger partial charge in [-0.3, -0.25) is 29.1 Å². The number of aliphatic hydroxyl groups excluding tert-OH is 5. The number of pyridine rings is 2. The van der Waals surface area contributed by atoms with Gasteiger partial charge in [-0.25, -0.2) is 0 Å². The van der Waals surface area contributed by atoms with Gasteiger partial charge in [0.1, 0.15) is 36.6 Å². The van der Waals surface area contributed by atoms with Gasteiger partial charge < -0.3 is 46.8 Å². The molecule has 49 heavy (non-hydrogen) atoms. The summed E-state index contributed by atoms with van der Waals surface area (Å²) >= 11 is 0. The molecule has 2 fully saturated rings. The largest absolute Gasteiger partial charge is 0.388 e. The molecule has 3 aromatic rings. The molecular weight excluding hydrogens is 642 g/mol.